The summed E-state index contributed by atoms with van der Waals surface area (Å²) in [5.41, 5.74) is 7.24. The molecule has 0 unspecified atom stereocenters. The minimum Gasteiger partial charge on any atom is -0.289 e. The Morgan fingerprint density at radius 2 is 1.14 bits per heavy atom. The molecule has 0 aromatic heterocycles. The summed E-state index contributed by atoms with van der Waals surface area (Å²) >= 11 is 0. The summed E-state index contributed by atoms with van der Waals surface area (Å²) in [6.07, 6.45) is 5.22. The van der Waals surface area contributed by atoms with Crippen molar-refractivity contribution in [2.45, 2.75) is 39.5 Å². The topological polar surface area (TPSA) is 34.1 Å². The molecule has 5 aromatic carbocycles. The van der Waals surface area contributed by atoms with Crippen LogP contribution >= 0.6 is 0 Å². The summed E-state index contributed by atoms with van der Waals surface area (Å²) in [5, 5.41) is 5.64. The second-order valence-corrected chi connectivity index (χ2v) is 10.0. The SMILES string of the molecule is Cc1ccc2c(c1)C(=O)c1cc(C)ccc1C2=O.c1ccc2c(c1)ccc1c3c(ccc12)CCCC3. The molecule has 0 saturated heterocycles. The first kappa shape index (κ1) is 22.4. The zero-order valence-corrected chi connectivity index (χ0v) is 20.7. The van der Waals surface area contributed by atoms with E-state index >= 15 is 0 Å². The van der Waals surface area contributed by atoms with Gasteiger partial charge in [0.2, 0.25) is 0 Å². The van der Waals surface area contributed by atoms with Gasteiger partial charge >= 0.3 is 0 Å². The van der Waals surface area contributed by atoms with Crippen molar-refractivity contribution in [3.8, 4) is 0 Å². The van der Waals surface area contributed by atoms with Crippen molar-refractivity contribution in [2.75, 3.05) is 0 Å². The lowest BCUT2D eigenvalue weighted by molar-refractivity contribution is 0.0979. The first-order chi connectivity index (χ1) is 17.5. The number of hydrogen-bond donors (Lipinski definition) is 0. The Balaban J connectivity index is 0.000000133. The van der Waals surface area contributed by atoms with Gasteiger partial charge in [0.15, 0.2) is 11.6 Å². The molecule has 2 nitrogen and oxygen atoms in total. The molecule has 0 fully saturated rings. The van der Waals surface area contributed by atoms with Gasteiger partial charge in [-0.1, -0.05) is 83.9 Å². The van der Waals surface area contributed by atoms with Crippen molar-refractivity contribution >= 4 is 33.1 Å². The number of carbonyl (C=O) groups is 2. The molecular formula is C34H28O2. The average molecular weight is 469 g/mol. The molecule has 0 spiro atoms. The van der Waals surface area contributed by atoms with Crippen molar-refractivity contribution in [3.63, 3.8) is 0 Å². The third-order valence-electron chi connectivity index (χ3n) is 7.59. The highest BCUT2D eigenvalue weighted by Crippen LogP contribution is 2.33. The molecule has 5 aromatic rings. The molecule has 0 amide bonds. The highest BCUT2D eigenvalue weighted by molar-refractivity contribution is 6.28. The molecule has 0 saturated carbocycles. The Labute approximate surface area is 211 Å². The molecule has 2 aliphatic rings. The summed E-state index contributed by atoms with van der Waals surface area (Å²) < 4.78 is 0. The van der Waals surface area contributed by atoms with Gasteiger partial charge in [-0.2, -0.15) is 0 Å². The fourth-order valence-electron chi connectivity index (χ4n) is 5.72. The molecule has 0 N–H and O–H groups in total. The molecule has 176 valence electrons. The van der Waals surface area contributed by atoms with Crippen LogP contribution in [0, 0.1) is 13.8 Å². The Hall–Kier alpha value is -4.04. The van der Waals surface area contributed by atoms with E-state index < -0.39 is 0 Å². The van der Waals surface area contributed by atoms with Crippen LogP contribution in [0.4, 0.5) is 0 Å². The quantitative estimate of drug-likeness (QED) is 0.212. The van der Waals surface area contributed by atoms with E-state index in [1.165, 1.54) is 47.2 Å². The second kappa shape index (κ2) is 8.87. The Kier molecular flexibility index (Phi) is 5.53. The normalized spacial score (nSPS) is 14.1. The van der Waals surface area contributed by atoms with Crippen LogP contribution in [0.3, 0.4) is 0 Å². The zero-order chi connectivity index (χ0) is 24.8. The average Bonchev–Trinajstić information content (AvgIpc) is 2.91. The van der Waals surface area contributed by atoms with Crippen LogP contribution < -0.4 is 0 Å². The van der Waals surface area contributed by atoms with Crippen LogP contribution in [0.15, 0.2) is 84.9 Å². The lowest BCUT2D eigenvalue weighted by atomic mass is 9.83. The van der Waals surface area contributed by atoms with E-state index in [9.17, 15) is 9.59 Å². The van der Waals surface area contributed by atoms with Crippen molar-refractivity contribution in [1.29, 1.82) is 0 Å². The van der Waals surface area contributed by atoms with Crippen LogP contribution in [-0.2, 0) is 12.8 Å². The van der Waals surface area contributed by atoms with Crippen molar-refractivity contribution in [3.05, 3.63) is 129 Å². The maximum Gasteiger partial charge on any atom is 0.194 e. The molecule has 0 bridgehead atoms. The van der Waals surface area contributed by atoms with Gasteiger partial charge in [-0.05, 0) is 84.3 Å². The molecule has 0 radical (unpaired) electrons. The van der Waals surface area contributed by atoms with Crippen molar-refractivity contribution in [2.24, 2.45) is 0 Å². The zero-order valence-electron chi connectivity index (χ0n) is 20.7. The lowest BCUT2D eigenvalue weighted by Crippen LogP contribution is -2.21. The maximum atomic E-state index is 12.4. The van der Waals surface area contributed by atoms with Crippen LogP contribution in [-0.4, -0.2) is 11.6 Å². The molecule has 36 heavy (non-hydrogen) atoms. The fourth-order valence-corrected chi connectivity index (χ4v) is 5.72. The van der Waals surface area contributed by atoms with Gasteiger partial charge in [-0.25, -0.2) is 0 Å². The monoisotopic (exact) mass is 468 g/mol. The predicted molar refractivity (Wildman–Crippen MR) is 147 cm³/mol. The summed E-state index contributed by atoms with van der Waals surface area (Å²) in [4.78, 5) is 24.7. The summed E-state index contributed by atoms with van der Waals surface area (Å²) in [6.45, 7) is 3.84. The van der Waals surface area contributed by atoms with E-state index in [0.29, 0.717) is 22.3 Å². The van der Waals surface area contributed by atoms with E-state index in [0.717, 1.165) is 11.1 Å². The standard InChI is InChI=1S/C18H16.C16H12O2/c1-3-7-15-13(5-1)9-11-18-16-8-4-2-6-14(16)10-12-17(15)18;1-9-3-5-11-13(7-9)16(18)14-8-10(2)4-6-12(14)15(11)17/h1,3,5,7,9-12H,2,4,6,8H2;3-8H,1-2H3. The molecule has 2 heteroatoms. The fraction of sp³-hybridized carbons (Fsp3) is 0.176. The third kappa shape index (κ3) is 3.74. The number of carbonyl (C=O) groups excluding carboxylic acids is 2. The molecular weight excluding hydrogens is 440 g/mol. The molecule has 2 aliphatic carbocycles. The van der Waals surface area contributed by atoms with E-state index in [2.05, 4.69) is 48.5 Å². The number of aryl methyl sites for hydroxylation is 4. The Bertz CT molecular complexity index is 1630. The molecule has 7 rings (SSSR count). The van der Waals surface area contributed by atoms with E-state index in [1.54, 1.807) is 35.4 Å². The Morgan fingerprint density at radius 1 is 0.528 bits per heavy atom. The third-order valence-corrected chi connectivity index (χ3v) is 7.59. The number of benzene rings is 5. The van der Waals surface area contributed by atoms with Gasteiger partial charge in [0, 0.05) is 22.3 Å². The minimum atomic E-state index is -0.0559. The van der Waals surface area contributed by atoms with Crippen LogP contribution in [0.1, 0.15) is 66.9 Å². The minimum absolute atomic E-state index is 0.0491. The number of fused-ring (bicyclic) bond motifs is 7. The molecule has 0 heterocycles. The van der Waals surface area contributed by atoms with Crippen LogP contribution in [0.2, 0.25) is 0 Å². The molecule has 0 atom stereocenters. The Morgan fingerprint density at radius 3 is 1.86 bits per heavy atom. The van der Waals surface area contributed by atoms with Gasteiger partial charge < -0.3 is 0 Å². The lowest BCUT2D eigenvalue weighted by Gasteiger charge is -2.18. The first-order valence-electron chi connectivity index (χ1n) is 12.7. The smallest absolute Gasteiger partial charge is 0.194 e. The summed E-state index contributed by atoms with van der Waals surface area (Å²) in [5.74, 6) is -0.105. The van der Waals surface area contributed by atoms with Crippen LogP contribution in [0.25, 0.3) is 21.5 Å². The number of hydrogen-bond acceptors (Lipinski definition) is 2. The molecule has 0 aliphatic heterocycles. The van der Waals surface area contributed by atoms with Crippen molar-refractivity contribution in [1.82, 2.24) is 0 Å². The highest BCUT2D eigenvalue weighted by Gasteiger charge is 2.29. The van der Waals surface area contributed by atoms with Gasteiger partial charge in [-0.3, -0.25) is 9.59 Å². The number of rotatable bonds is 0. The highest BCUT2D eigenvalue weighted by atomic mass is 16.1. The van der Waals surface area contributed by atoms with E-state index in [4.69, 9.17) is 0 Å². The summed E-state index contributed by atoms with van der Waals surface area (Å²) in [6, 6.07) is 28.8. The maximum absolute atomic E-state index is 12.4. The van der Waals surface area contributed by atoms with Gasteiger partial charge in [0.1, 0.15) is 0 Å². The van der Waals surface area contributed by atoms with Crippen LogP contribution in [0.5, 0.6) is 0 Å². The van der Waals surface area contributed by atoms with Gasteiger partial charge in [0.25, 0.3) is 0 Å². The second-order valence-electron chi connectivity index (χ2n) is 10.0. The number of ketones is 2. The van der Waals surface area contributed by atoms with E-state index in [-0.39, 0.29) is 11.6 Å². The first-order valence-corrected chi connectivity index (χ1v) is 12.7. The summed E-state index contributed by atoms with van der Waals surface area (Å²) in [7, 11) is 0. The largest absolute Gasteiger partial charge is 0.289 e. The predicted octanol–water partition coefficient (Wildman–Crippen LogP) is 7.95. The van der Waals surface area contributed by atoms with E-state index in [1.807, 2.05) is 26.0 Å². The van der Waals surface area contributed by atoms with Gasteiger partial charge in [-0.15, -0.1) is 0 Å². The van der Waals surface area contributed by atoms with Crippen molar-refractivity contribution < 1.29 is 9.59 Å². The van der Waals surface area contributed by atoms with Gasteiger partial charge in [0.05, 0.1) is 0 Å².